The summed E-state index contributed by atoms with van der Waals surface area (Å²) in [6.45, 7) is 0. The summed E-state index contributed by atoms with van der Waals surface area (Å²) in [6, 6.07) is 10.9. The molecule has 0 unspecified atom stereocenters. The lowest BCUT2D eigenvalue weighted by Crippen LogP contribution is -2.10. The van der Waals surface area contributed by atoms with Gasteiger partial charge in [-0.1, -0.05) is 41.4 Å². The van der Waals surface area contributed by atoms with Crippen LogP contribution in [0, 0.1) is 0 Å². The van der Waals surface area contributed by atoms with Crippen molar-refractivity contribution >= 4 is 35.1 Å². The highest BCUT2D eigenvalue weighted by molar-refractivity contribution is 6.40. The van der Waals surface area contributed by atoms with E-state index in [9.17, 15) is 9.59 Å². The molecule has 0 saturated heterocycles. The Hall–Kier alpha value is -2.04. The van der Waals surface area contributed by atoms with E-state index in [1.165, 1.54) is 12.1 Å². The van der Waals surface area contributed by atoms with Gasteiger partial charge in [0.2, 0.25) is 0 Å². The number of benzene rings is 2. The summed E-state index contributed by atoms with van der Waals surface area (Å²) in [4.78, 5) is 22.9. The standard InChI is InChI=1S/C14H8Cl2O4/c15-9-6-7-10(12(16)11(9)13(17)18)20-14(19)8-4-2-1-3-5-8/h1-7H,(H,17,18). The molecule has 2 rings (SSSR count). The topological polar surface area (TPSA) is 63.6 Å². The molecule has 6 heteroatoms. The molecule has 0 aliphatic heterocycles. The van der Waals surface area contributed by atoms with Gasteiger partial charge in [0.1, 0.15) is 5.56 Å². The van der Waals surface area contributed by atoms with E-state index in [-0.39, 0.29) is 21.4 Å². The van der Waals surface area contributed by atoms with Crippen molar-refractivity contribution in [2.75, 3.05) is 0 Å². The van der Waals surface area contributed by atoms with Gasteiger partial charge in [-0.3, -0.25) is 0 Å². The van der Waals surface area contributed by atoms with Gasteiger partial charge >= 0.3 is 11.9 Å². The highest BCUT2D eigenvalue weighted by atomic mass is 35.5. The minimum atomic E-state index is -1.29. The van der Waals surface area contributed by atoms with E-state index in [1.54, 1.807) is 30.3 Å². The summed E-state index contributed by atoms with van der Waals surface area (Å²) < 4.78 is 5.08. The summed E-state index contributed by atoms with van der Waals surface area (Å²) >= 11 is 11.6. The number of carbonyl (C=O) groups is 2. The quantitative estimate of drug-likeness (QED) is 0.689. The first-order chi connectivity index (χ1) is 9.50. The van der Waals surface area contributed by atoms with Gasteiger partial charge < -0.3 is 9.84 Å². The first-order valence-corrected chi connectivity index (χ1v) is 6.25. The molecule has 0 fully saturated rings. The van der Waals surface area contributed by atoms with E-state index in [2.05, 4.69) is 0 Å². The number of esters is 1. The molecule has 0 bridgehead atoms. The number of aromatic carboxylic acids is 1. The SMILES string of the molecule is O=C(Oc1ccc(Cl)c(C(=O)O)c1Cl)c1ccccc1. The van der Waals surface area contributed by atoms with Crippen molar-refractivity contribution in [3.63, 3.8) is 0 Å². The summed E-state index contributed by atoms with van der Waals surface area (Å²) in [6.07, 6.45) is 0. The lowest BCUT2D eigenvalue weighted by molar-refractivity contribution is 0.0688. The molecule has 4 nitrogen and oxygen atoms in total. The lowest BCUT2D eigenvalue weighted by Gasteiger charge is -2.09. The van der Waals surface area contributed by atoms with E-state index in [4.69, 9.17) is 33.0 Å². The van der Waals surface area contributed by atoms with Gasteiger partial charge in [-0.15, -0.1) is 0 Å². The van der Waals surface area contributed by atoms with Crippen LogP contribution < -0.4 is 4.74 Å². The van der Waals surface area contributed by atoms with Crippen LogP contribution >= 0.6 is 23.2 Å². The van der Waals surface area contributed by atoms with Crippen LogP contribution in [0.15, 0.2) is 42.5 Å². The zero-order valence-electron chi connectivity index (χ0n) is 9.97. The van der Waals surface area contributed by atoms with Crippen molar-refractivity contribution in [2.45, 2.75) is 0 Å². The predicted octanol–water partition coefficient (Wildman–Crippen LogP) is 3.91. The maximum absolute atomic E-state index is 11.9. The zero-order chi connectivity index (χ0) is 14.7. The Morgan fingerprint density at radius 2 is 1.65 bits per heavy atom. The molecule has 0 saturated carbocycles. The summed E-state index contributed by atoms with van der Waals surface area (Å²) in [5.41, 5.74) is 0.0297. The number of carbonyl (C=O) groups excluding carboxylic acids is 1. The Morgan fingerprint density at radius 3 is 2.25 bits per heavy atom. The molecule has 20 heavy (non-hydrogen) atoms. The molecule has 0 heterocycles. The molecule has 2 aromatic rings. The first-order valence-electron chi connectivity index (χ1n) is 5.49. The maximum atomic E-state index is 11.9. The van der Waals surface area contributed by atoms with E-state index in [1.807, 2.05) is 0 Å². The number of hydrogen-bond donors (Lipinski definition) is 1. The molecular weight excluding hydrogens is 303 g/mol. The number of hydrogen-bond acceptors (Lipinski definition) is 3. The minimum Gasteiger partial charge on any atom is -0.478 e. The summed E-state index contributed by atoms with van der Waals surface area (Å²) in [5.74, 6) is -1.98. The van der Waals surface area contributed by atoms with Crippen LogP contribution in [0.5, 0.6) is 5.75 Å². The fourth-order valence-corrected chi connectivity index (χ4v) is 2.11. The number of carboxylic acid groups (broad SMARTS) is 1. The molecule has 2 aromatic carbocycles. The van der Waals surface area contributed by atoms with E-state index in [0.29, 0.717) is 5.56 Å². The number of halogens is 2. The van der Waals surface area contributed by atoms with Crippen LogP contribution in [-0.2, 0) is 0 Å². The molecule has 0 aliphatic carbocycles. The highest BCUT2D eigenvalue weighted by Crippen LogP contribution is 2.33. The summed E-state index contributed by atoms with van der Waals surface area (Å²) in [7, 11) is 0. The maximum Gasteiger partial charge on any atom is 0.343 e. The van der Waals surface area contributed by atoms with E-state index < -0.39 is 11.9 Å². The fraction of sp³-hybridized carbons (Fsp3) is 0. The summed E-state index contributed by atoms with van der Waals surface area (Å²) in [5, 5.41) is 8.77. The van der Waals surface area contributed by atoms with Gasteiger partial charge in [-0.05, 0) is 24.3 Å². The zero-order valence-corrected chi connectivity index (χ0v) is 11.5. The number of rotatable bonds is 3. The largest absolute Gasteiger partial charge is 0.478 e. The van der Waals surface area contributed by atoms with E-state index >= 15 is 0 Å². The van der Waals surface area contributed by atoms with Crippen molar-refractivity contribution in [1.29, 1.82) is 0 Å². The van der Waals surface area contributed by atoms with Crippen LogP contribution in [0.1, 0.15) is 20.7 Å². The van der Waals surface area contributed by atoms with Gasteiger partial charge in [-0.25, -0.2) is 9.59 Å². The molecule has 0 amide bonds. The van der Waals surface area contributed by atoms with Crippen molar-refractivity contribution in [1.82, 2.24) is 0 Å². The molecule has 0 spiro atoms. The van der Waals surface area contributed by atoms with Gasteiger partial charge in [0.05, 0.1) is 15.6 Å². The Balaban J connectivity index is 2.33. The molecular formula is C14H8Cl2O4. The fourth-order valence-electron chi connectivity index (χ4n) is 1.54. The second-order valence-electron chi connectivity index (χ2n) is 3.80. The Bertz CT molecular complexity index is 668. The molecule has 0 radical (unpaired) electrons. The third kappa shape index (κ3) is 2.92. The second-order valence-corrected chi connectivity index (χ2v) is 4.58. The molecule has 0 atom stereocenters. The van der Waals surface area contributed by atoms with Crippen LogP contribution in [0.2, 0.25) is 10.0 Å². The number of carboxylic acids is 1. The Labute approximate surface area is 124 Å². The minimum absolute atomic E-state index is 0.0259. The highest BCUT2D eigenvalue weighted by Gasteiger charge is 2.19. The average molecular weight is 311 g/mol. The molecule has 0 aliphatic rings. The van der Waals surface area contributed by atoms with Crippen LogP contribution in [-0.4, -0.2) is 17.0 Å². The van der Waals surface area contributed by atoms with Crippen LogP contribution in [0.3, 0.4) is 0 Å². The van der Waals surface area contributed by atoms with Crippen molar-refractivity contribution in [2.24, 2.45) is 0 Å². The first kappa shape index (κ1) is 14.4. The van der Waals surface area contributed by atoms with Crippen molar-refractivity contribution in [3.8, 4) is 5.75 Å². The monoisotopic (exact) mass is 310 g/mol. The van der Waals surface area contributed by atoms with Gasteiger partial charge in [0, 0.05) is 0 Å². The smallest absolute Gasteiger partial charge is 0.343 e. The average Bonchev–Trinajstić information content (AvgIpc) is 2.42. The molecule has 0 aromatic heterocycles. The third-order valence-corrected chi connectivity index (χ3v) is 3.17. The molecule has 102 valence electrons. The van der Waals surface area contributed by atoms with Crippen molar-refractivity contribution in [3.05, 3.63) is 63.6 Å². The predicted molar refractivity (Wildman–Crippen MR) is 74.8 cm³/mol. The van der Waals surface area contributed by atoms with Gasteiger partial charge in [0.15, 0.2) is 5.75 Å². The third-order valence-electron chi connectivity index (χ3n) is 2.48. The van der Waals surface area contributed by atoms with Crippen molar-refractivity contribution < 1.29 is 19.4 Å². The second kappa shape index (κ2) is 5.94. The number of ether oxygens (including phenoxy) is 1. The van der Waals surface area contributed by atoms with E-state index in [0.717, 1.165) is 0 Å². The van der Waals surface area contributed by atoms with Gasteiger partial charge in [0.25, 0.3) is 0 Å². The normalized spacial score (nSPS) is 10.1. The van der Waals surface area contributed by atoms with Gasteiger partial charge in [-0.2, -0.15) is 0 Å². The van der Waals surface area contributed by atoms with Crippen LogP contribution in [0.4, 0.5) is 0 Å². The Kier molecular flexibility index (Phi) is 4.27. The van der Waals surface area contributed by atoms with Crippen LogP contribution in [0.25, 0.3) is 0 Å². The molecule has 1 N–H and O–H groups in total. The Morgan fingerprint density at radius 1 is 1.00 bits per heavy atom. The lowest BCUT2D eigenvalue weighted by atomic mass is 10.2.